The summed E-state index contributed by atoms with van der Waals surface area (Å²) in [5.41, 5.74) is 14.3. The minimum absolute atomic E-state index is 0.0434. The standard InChI is InChI=1S/C33H38N8O3.C2HF3O2.CHF3.CH2O2/c1-20(2)39-30-32(44)41(19-28(42)37-17-21-10-12-22(13-11-21)29(35)36)27(18-38-30)23-14-24(16-26(34)15-23)31(43)40-33(3,4)25-8-6-5-7-9-25;3-2(4,5)1(6)7;2-1(3)4;2-1-3/h5-16,18,20H,17,19,34H2,1-4H3,(H3,35,36)(H,37,42)(H,38,39)(H,40,43);(H,6,7);1H;1H,(H,2,3). The molecule has 0 bridgehead atoms. The number of amides is 2. The second-order valence-corrected chi connectivity index (χ2v) is 12.5. The lowest BCUT2D eigenvalue weighted by Crippen LogP contribution is -2.41. The largest absolute Gasteiger partial charge is 0.490 e. The fourth-order valence-corrected chi connectivity index (χ4v) is 4.66. The van der Waals surface area contributed by atoms with Gasteiger partial charge >= 0.3 is 18.8 Å². The van der Waals surface area contributed by atoms with Gasteiger partial charge in [0.05, 0.1) is 17.4 Å². The fraction of sp³-hybridized carbons (Fsp3) is 0.270. The van der Waals surface area contributed by atoms with Crippen molar-refractivity contribution in [2.24, 2.45) is 5.73 Å². The molecule has 1 heterocycles. The smallest absolute Gasteiger partial charge is 0.483 e. The lowest BCUT2D eigenvalue weighted by atomic mass is 9.93. The van der Waals surface area contributed by atoms with Crippen LogP contribution in [0.25, 0.3) is 11.3 Å². The third-order valence-corrected chi connectivity index (χ3v) is 7.21. The summed E-state index contributed by atoms with van der Waals surface area (Å²) in [6, 6.07) is 21.3. The lowest BCUT2D eigenvalue weighted by molar-refractivity contribution is -0.192. The van der Waals surface area contributed by atoms with E-state index >= 15 is 0 Å². The summed E-state index contributed by atoms with van der Waals surface area (Å²) in [4.78, 5) is 61.7. The van der Waals surface area contributed by atoms with Gasteiger partial charge in [-0.25, -0.2) is 9.78 Å². The van der Waals surface area contributed by atoms with Crippen molar-refractivity contribution in [2.45, 2.75) is 65.2 Å². The van der Waals surface area contributed by atoms with Gasteiger partial charge in [-0.3, -0.25) is 29.2 Å². The molecule has 1 aromatic heterocycles. The van der Waals surface area contributed by atoms with Gasteiger partial charge in [-0.15, -0.1) is 0 Å². The number of hydrogen-bond acceptors (Lipinski definition) is 9. The zero-order valence-electron chi connectivity index (χ0n) is 31.4. The monoisotopic (exact) mass is 824 g/mol. The quantitative estimate of drug-likeness (QED) is 0.0325. The normalized spacial score (nSPS) is 10.7. The number of alkyl halides is 6. The first kappa shape index (κ1) is 49.1. The molecule has 3 aromatic carbocycles. The predicted octanol–water partition coefficient (Wildman–Crippen LogP) is 5.09. The molecular weight excluding hydrogens is 782 g/mol. The zero-order valence-corrected chi connectivity index (χ0v) is 31.4. The van der Waals surface area contributed by atoms with Crippen LogP contribution in [0.15, 0.2) is 83.8 Å². The molecule has 0 unspecified atom stereocenters. The van der Waals surface area contributed by atoms with Crippen LogP contribution in [0.3, 0.4) is 0 Å². The van der Waals surface area contributed by atoms with Gasteiger partial charge in [0.1, 0.15) is 12.4 Å². The number of anilines is 2. The third kappa shape index (κ3) is 16.8. The summed E-state index contributed by atoms with van der Waals surface area (Å²) in [5, 5.41) is 30.5. The van der Waals surface area contributed by atoms with E-state index in [1.165, 1.54) is 10.8 Å². The van der Waals surface area contributed by atoms with E-state index in [0.29, 0.717) is 28.1 Å². The first-order valence-corrected chi connectivity index (χ1v) is 16.6. The number of nitrogen functional groups attached to an aromatic ring is 2. The van der Waals surface area contributed by atoms with Gasteiger partial charge in [0.15, 0.2) is 5.82 Å². The maximum Gasteiger partial charge on any atom is 0.490 e. The summed E-state index contributed by atoms with van der Waals surface area (Å²) >= 11 is 0. The van der Waals surface area contributed by atoms with Crippen molar-refractivity contribution in [1.29, 1.82) is 5.41 Å². The van der Waals surface area contributed by atoms with Crippen LogP contribution < -0.4 is 33.0 Å². The Labute approximate surface area is 327 Å². The van der Waals surface area contributed by atoms with Crippen molar-refractivity contribution in [1.82, 2.24) is 20.2 Å². The summed E-state index contributed by atoms with van der Waals surface area (Å²) in [6.07, 6.45) is -3.59. The van der Waals surface area contributed by atoms with Crippen molar-refractivity contribution >= 4 is 41.6 Å². The van der Waals surface area contributed by atoms with Gasteiger partial charge in [-0.05, 0) is 57.0 Å². The molecule has 314 valence electrons. The van der Waals surface area contributed by atoms with Crippen molar-refractivity contribution in [2.75, 3.05) is 11.1 Å². The number of benzene rings is 3. The molecule has 21 heteroatoms. The van der Waals surface area contributed by atoms with E-state index < -0.39 is 35.8 Å². The van der Waals surface area contributed by atoms with Gasteiger partial charge in [-0.2, -0.15) is 26.3 Å². The molecule has 0 saturated carbocycles. The maximum absolute atomic E-state index is 13.6. The summed E-state index contributed by atoms with van der Waals surface area (Å²) in [6.45, 7) is 3.57. The molecule has 0 spiro atoms. The molecular formula is C37H42F6N8O7. The van der Waals surface area contributed by atoms with E-state index in [0.717, 1.165) is 11.1 Å². The van der Waals surface area contributed by atoms with Crippen LogP contribution in [0.1, 0.15) is 54.7 Å². The van der Waals surface area contributed by atoms with Crippen molar-refractivity contribution in [3.05, 3.63) is 112 Å². The van der Waals surface area contributed by atoms with Crippen LogP contribution >= 0.6 is 0 Å². The van der Waals surface area contributed by atoms with Crippen LogP contribution in [-0.4, -0.2) is 68.8 Å². The highest BCUT2D eigenvalue weighted by Gasteiger charge is 2.38. The minimum atomic E-state index is -5.08. The average molecular weight is 825 g/mol. The number of amidine groups is 1. The molecule has 15 nitrogen and oxygen atoms in total. The van der Waals surface area contributed by atoms with E-state index in [2.05, 4.69) is 20.9 Å². The zero-order chi connectivity index (χ0) is 44.4. The second kappa shape index (κ2) is 22.6. The maximum atomic E-state index is 13.6. The molecule has 0 saturated heterocycles. The molecule has 0 radical (unpaired) electrons. The van der Waals surface area contributed by atoms with E-state index in [9.17, 15) is 40.7 Å². The number of rotatable bonds is 11. The molecule has 0 fully saturated rings. The molecule has 2 amide bonds. The molecule has 4 rings (SSSR count). The summed E-state index contributed by atoms with van der Waals surface area (Å²) in [7, 11) is 0. The second-order valence-electron chi connectivity index (χ2n) is 12.5. The highest BCUT2D eigenvalue weighted by molar-refractivity contribution is 5.97. The molecule has 58 heavy (non-hydrogen) atoms. The number of hydrogen-bond donors (Lipinski definition) is 8. The van der Waals surface area contributed by atoms with Crippen LogP contribution in [0.5, 0.6) is 0 Å². The topological polar surface area (TPSA) is 256 Å². The number of halogens is 6. The van der Waals surface area contributed by atoms with Gasteiger partial charge in [0, 0.05) is 35.0 Å². The first-order valence-electron chi connectivity index (χ1n) is 16.6. The molecule has 0 aliphatic heterocycles. The third-order valence-electron chi connectivity index (χ3n) is 7.21. The molecule has 0 atom stereocenters. The Kier molecular flexibility index (Phi) is 19.1. The number of nitrogens with two attached hydrogens (primary N) is 2. The summed E-state index contributed by atoms with van der Waals surface area (Å²) < 4.78 is 62.1. The lowest BCUT2D eigenvalue weighted by Gasteiger charge is -2.27. The Morgan fingerprint density at radius 1 is 0.966 bits per heavy atom. The Morgan fingerprint density at radius 2 is 1.50 bits per heavy atom. The van der Waals surface area contributed by atoms with Crippen LogP contribution in [0.2, 0.25) is 0 Å². The highest BCUT2D eigenvalue weighted by Crippen LogP contribution is 2.25. The fourth-order valence-electron chi connectivity index (χ4n) is 4.66. The van der Waals surface area contributed by atoms with Gasteiger partial charge in [0.25, 0.3) is 17.9 Å². The number of nitrogens with one attached hydrogen (secondary N) is 4. The number of nitrogens with zero attached hydrogens (tertiary/aromatic N) is 2. The van der Waals surface area contributed by atoms with Gasteiger partial charge in [-0.1, -0.05) is 54.6 Å². The Balaban J connectivity index is 0.00000103. The number of carbonyl (C=O) groups excluding carboxylic acids is 2. The van der Waals surface area contributed by atoms with Crippen molar-refractivity contribution < 1.29 is 55.7 Å². The van der Waals surface area contributed by atoms with E-state index in [4.69, 9.17) is 36.7 Å². The van der Waals surface area contributed by atoms with Gasteiger partial charge < -0.3 is 37.6 Å². The van der Waals surface area contributed by atoms with E-state index in [-0.39, 0.29) is 43.2 Å². The Hall–Kier alpha value is -6.93. The van der Waals surface area contributed by atoms with Gasteiger partial charge in [0.2, 0.25) is 5.91 Å². The SMILES string of the molecule is CC(C)Nc1ncc(-c2cc(N)cc(C(=O)NC(C)(C)c3ccccc3)c2)n(CC(=O)NCc2ccc(C(=N)N)cc2)c1=O.FC(F)F.O=C(O)C(F)(F)F.O=CO. The van der Waals surface area contributed by atoms with Crippen LogP contribution in [0.4, 0.5) is 37.8 Å². The number of carbonyl (C=O) groups is 4. The minimum Gasteiger partial charge on any atom is -0.483 e. The molecule has 4 aromatic rings. The van der Waals surface area contributed by atoms with Crippen LogP contribution in [0, 0.1) is 5.41 Å². The van der Waals surface area contributed by atoms with Crippen molar-refractivity contribution in [3.8, 4) is 11.3 Å². The number of carboxylic acid groups (broad SMARTS) is 2. The van der Waals surface area contributed by atoms with Crippen LogP contribution in [-0.2, 0) is 33.0 Å². The predicted molar refractivity (Wildman–Crippen MR) is 203 cm³/mol. The Bertz CT molecular complexity index is 2060. The number of aliphatic carboxylic acids is 1. The van der Waals surface area contributed by atoms with E-state index in [1.807, 2.05) is 58.0 Å². The van der Waals surface area contributed by atoms with Crippen molar-refractivity contribution in [3.63, 3.8) is 0 Å². The summed E-state index contributed by atoms with van der Waals surface area (Å²) in [5.74, 6) is -3.45. The molecule has 10 N–H and O–H groups in total. The molecule has 0 aliphatic carbocycles. The highest BCUT2D eigenvalue weighted by atomic mass is 19.4. The number of carboxylic acids is 1. The Morgan fingerprint density at radius 3 is 1.98 bits per heavy atom. The molecule has 0 aliphatic rings. The number of aromatic nitrogens is 2. The first-order chi connectivity index (χ1) is 26.9. The average Bonchev–Trinajstić information content (AvgIpc) is 3.12. The van der Waals surface area contributed by atoms with E-state index in [1.54, 1.807) is 42.5 Å².